The van der Waals surface area contributed by atoms with Crippen LogP contribution in [-0.4, -0.2) is 19.0 Å². The predicted octanol–water partition coefficient (Wildman–Crippen LogP) is 2.59. The number of hydrogen-bond donors (Lipinski definition) is 1. The summed E-state index contributed by atoms with van der Waals surface area (Å²) < 4.78 is 15.1. The summed E-state index contributed by atoms with van der Waals surface area (Å²) in [6.07, 6.45) is 1.50. The molecular formula is C13H17BrN4OS. The van der Waals surface area contributed by atoms with Crippen LogP contribution in [0.3, 0.4) is 0 Å². The average molecular weight is 357 g/mol. The molecular weight excluding hydrogens is 340 g/mol. The van der Waals surface area contributed by atoms with Gasteiger partial charge in [-0.15, -0.1) is 0 Å². The van der Waals surface area contributed by atoms with E-state index in [-0.39, 0.29) is 0 Å². The Bertz CT molecular complexity index is 627. The van der Waals surface area contributed by atoms with Gasteiger partial charge >= 0.3 is 0 Å². The zero-order chi connectivity index (χ0) is 14.7. The summed E-state index contributed by atoms with van der Waals surface area (Å²) in [7, 11) is -1.23. The fourth-order valence-electron chi connectivity index (χ4n) is 1.82. The maximum absolute atomic E-state index is 12.4. The molecule has 0 aliphatic carbocycles. The number of nitrogens with two attached hydrogens (primary N) is 1. The molecule has 108 valence electrons. The van der Waals surface area contributed by atoms with Gasteiger partial charge in [0, 0.05) is 16.7 Å². The van der Waals surface area contributed by atoms with Crippen molar-refractivity contribution in [3.63, 3.8) is 0 Å². The summed E-state index contributed by atoms with van der Waals surface area (Å²) in [5.41, 5.74) is 6.43. The molecule has 20 heavy (non-hydrogen) atoms. The molecule has 2 rings (SSSR count). The summed E-state index contributed by atoms with van der Waals surface area (Å²) in [4.78, 5) is 4.82. The lowest BCUT2D eigenvalue weighted by molar-refractivity contribution is 0.471. The van der Waals surface area contributed by atoms with Gasteiger partial charge in [0.05, 0.1) is 21.4 Å². The molecule has 2 aromatic rings. The Labute approximate surface area is 129 Å². The number of anilines is 1. The van der Waals surface area contributed by atoms with E-state index in [0.717, 1.165) is 16.8 Å². The number of nitrogens with zero attached hydrogens (tertiary/aromatic N) is 3. The fraction of sp³-hybridized carbons (Fsp3) is 0.385. The normalized spacial score (nSPS) is 12.8. The molecule has 0 bridgehead atoms. The highest BCUT2D eigenvalue weighted by Crippen LogP contribution is 2.23. The number of rotatable bonds is 5. The van der Waals surface area contributed by atoms with Crippen molar-refractivity contribution in [2.45, 2.75) is 31.0 Å². The third-order valence-electron chi connectivity index (χ3n) is 2.71. The van der Waals surface area contributed by atoms with Crippen molar-refractivity contribution >= 4 is 32.4 Å². The first kappa shape index (κ1) is 15.2. The zero-order valence-corrected chi connectivity index (χ0v) is 13.8. The minimum absolute atomic E-state index is 0.318. The van der Waals surface area contributed by atoms with Gasteiger partial charge in [-0.1, -0.05) is 29.8 Å². The van der Waals surface area contributed by atoms with Gasteiger partial charge in [-0.05, 0) is 24.1 Å². The lowest BCUT2D eigenvalue weighted by Crippen LogP contribution is -2.12. The molecule has 2 N–H and O–H groups in total. The van der Waals surface area contributed by atoms with E-state index in [1.165, 1.54) is 6.33 Å². The maximum Gasteiger partial charge on any atom is 0.139 e. The molecule has 1 unspecified atom stereocenters. The molecule has 0 aliphatic rings. The number of halogens is 1. The van der Waals surface area contributed by atoms with Crippen LogP contribution in [0.1, 0.15) is 19.7 Å². The SMILES string of the molecule is CC(C)Cn1ncnc1CS(=O)c1ccc(Br)cc1N. The van der Waals surface area contributed by atoms with Gasteiger partial charge in [0.1, 0.15) is 12.2 Å². The third kappa shape index (κ3) is 3.67. The number of nitrogen functional groups attached to an aromatic ring is 1. The van der Waals surface area contributed by atoms with Gasteiger partial charge in [-0.25, -0.2) is 9.67 Å². The Kier molecular flexibility index (Phi) is 4.93. The molecule has 0 radical (unpaired) electrons. The Morgan fingerprint density at radius 1 is 1.45 bits per heavy atom. The first-order valence-corrected chi connectivity index (χ1v) is 8.38. The van der Waals surface area contributed by atoms with E-state index >= 15 is 0 Å². The largest absolute Gasteiger partial charge is 0.398 e. The van der Waals surface area contributed by atoms with Crippen LogP contribution < -0.4 is 5.73 Å². The molecule has 1 aromatic heterocycles. The average Bonchev–Trinajstić information content (AvgIpc) is 2.75. The highest BCUT2D eigenvalue weighted by molar-refractivity contribution is 9.10. The monoisotopic (exact) mass is 356 g/mol. The van der Waals surface area contributed by atoms with Gasteiger partial charge in [0.25, 0.3) is 0 Å². The summed E-state index contributed by atoms with van der Waals surface area (Å²) in [5.74, 6) is 1.50. The van der Waals surface area contributed by atoms with E-state index in [1.807, 2.05) is 6.07 Å². The molecule has 1 heterocycles. The predicted molar refractivity (Wildman–Crippen MR) is 83.5 cm³/mol. The summed E-state index contributed by atoms with van der Waals surface area (Å²) >= 11 is 3.34. The number of hydrogen-bond acceptors (Lipinski definition) is 4. The second-order valence-electron chi connectivity index (χ2n) is 4.92. The van der Waals surface area contributed by atoms with E-state index in [0.29, 0.717) is 22.3 Å². The Morgan fingerprint density at radius 3 is 2.85 bits per heavy atom. The zero-order valence-electron chi connectivity index (χ0n) is 11.4. The van der Waals surface area contributed by atoms with E-state index in [9.17, 15) is 4.21 Å². The summed E-state index contributed by atoms with van der Waals surface area (Å²) in [5, 5.41) is 4.17. The lowest BCUT2D eigenvalue weighted by atomic mass is 10.2. The van der Waals surface area contributed by atoms with Gasteiger partial charge in [0.2, 0.25) is 0 Å². The molecule has 0 spiro atoms. The van der Waals surface area contributed by atoms with E-state index in [1.54, 1.807) is 16.8 Å². The van der Waals surface area contributed by atoms with Crippen molar-refractivity contribution < 1.29 is 4.21 Å². The van der Waals surface area contributed by atoms with Gasteiger partial charge < -0.3 is 5.73 Å². The maximum atomic E-state index is 12.4. The molecule has 7 heteroatoms. The molecule has 0 fully saturated rings. The van der Waals surface area contributed by atoms with Crippen molar-refractivity contribution in [3.05, 3.63) is 34.8 Å². The molecule has 5 nitrogen and oxygen atoms in total. The van der Waals surface area contributed by atoms with Crippen LogP contribution in [0.2, 0.25) is 0 Å². The van der Waals surface area contributed by atoms with E-state index in [4.69, 9.17) is 5.73 Å². The third-order valence-corrected chi connectivity index (χ3v) is 4.59. The van der Waals surface area contributed by atoms with Crippen molar-refractivity contribution in [2.75, 3.05) is 5.73 Å². The van der Waals surface area contributed by atoms with Gasteiger partial charge in [-0.3, -0.25) is 4.21 Å². The molecule has 0 aliphatic heterocycles. The first-order valence-electron chi connectivity index (χ1n) is 6.27. The van der Waals surface area contributed by atoms with Crippen LogP contribution in [-0.2, 0) is 23.1 Å². The van der Waals surface area contributed by atoms with Crippen LogP contribution >= 0.6 is 15.9 Å². The lowest BCUT2D eigenvalue weighted by Gasteiger charge is -2.09. The van der Waals surface area contributed by atoms with Crippen LogP contribution in [0.5, 0.6) is 0 Å². The highest BCUT2D eigenvalue weighted by atomic mass is 79.9. The van der Waals surface area contributed by atoms with Crippen LogP contribution in [0, 0.1) is 5.92 Å². The molecule has 0 saturated heterocycles. The quantitative estimate of drug-likeness (QED) is 0.835. The van der Waals surface area contributed by atoms with Gasteiger partial charge in [-0.2, -0.15) is 5.10 Å². The van der Waals surface area contributed by atoms with E-state index < -0.39 is 10.8 Å². The number of aromatic nitrogens is 3. The standard InChI is InChI=1S/C13H17BrN4OS/c1-9(2)6-18-13(16-8-17-18)7-20(19)12-4-3-10(14)5-11(12)15/h3-5,8-9H,6-7,15H2,1-2H3. The Balaban J connectivity index is 2.17. The van der Waals surface area contributed by atoms with Crippen molar-refractivity contribution in [1.82, 2.24) is 14.8 Å². The fourth-order valence-corrected chi connectivity index (χ4v) is 3.35. The number of benzene rings is 1. The Morgan fingerprint density at radius 2 is 2.20 bits per heavy atom. The Hall–Kier alpha value is -1.21. The second-order valence-corrected chi connectivity index (χ2v) is 7.26. The summed E-state index contributed by atoms with van der Waals surface area (Å²) in [6.45, 7) is 4.98. The summed E-state index contributed by atoms with van der Waals surface area (Å²) in [6, 6.07) is 5.37. The van der Waals surface area contributed by atoms with Crippen LogP contribution in [0.25, 0.3) is 0 Å². The van der Waals surface area contributed by atoms with Crippen molar-refractivity contribution in [1.29, 1.82) is 0 Å². The molecule has 0 amide bonds. The van der Waals surface area contributed by atoms with Gasteiger partial charge in [0.15, 0.2) is 0 Å². The molecule has 1 aromatic carbocycles. The van der Waals surface area contributed by atoms with E-state index in [2.05, 4.69) is 39.9 Å². The van der Waals surface area contributed by atoms with Crippen LogP contribution in [0.4, 0.5) is 5.69 Å². The van der Waals surface area contributed by atoms with Crippen molar-refractivity contribution in [3.8, 4) is 0 Å². The van der Waals surface area contributed by atoms with Crippen molar-refractivity contribution in [2.24, 2.45) is 5.92 Å². The topological polar surface area (TPSA) is 73.8 Å². The van der Waals surface area contributed by atoms with Crippen LogP contribution in [0.15, 0.2) is 33.9 Å². The minimum Gasteiger partial charge on any atom is -0.398 e. The highest BCUT2D eigenvalue weighted by Gasteiger charge is 2.14. The molecule has 0 saturated carbocycles. The smallest absolute Gasteiger partial charge is 0.139 e. The second kappa shape index (κ2) is 6.49. The minimum atomic E-state index is -1.23. The first-order chi connectivity index (χ1) is 9.47. The molecule has 1 atom stereocenters.